The first kappa shape index (κ1) is 21.7. The van der Waals surface area contributed by atoms with E-state index in [9.17, 15) is 19.7 Å². The molecule has 2 rings (SSSR count). The van der Waals surface area contributed by atoms with E-state index >= 15 is 0 Å². The van der Waals surface area contributed by atoms with E-state index in [2.05, 4.69) is 15.8 Å². The van der Waals surface area contributed by atoms with Gasteiger partial charge in [0.15, 0.2) is 10.9 Å². The fourth-order valence-electron chi connectivity index (χ4n) is 2.43. The van der Waals surface area contributed by atoms with Crippen molar-refractivity contribution in [2.75, 3.05) is 5.32 Å². The smallest absolute Gasteiger partial charge is 0.292 e. The Kier molecular flexibility index (Phi) is 7.98. The molecule has 0 bridgehead atoms. The molecule has 2 aromatic rings. The van der Waals surface area contributed by atoms with E-state index in [4.69, 9.17) is 22.4 Å². The second kappa shape index (κ2) is 10.7. The number of carbonyl (C=O) groups is 2. The molecular formula is C18H19N5O5S. The third-order valence-electron chi connectivity index (χ3n) is 3.73. The highest BCUT2D eigenvalue weighted by atomic mass is 32.1. The highest BCUT2D eigenvalue weighted by Gasteiger charge is 2.16. The topological polar surface area (TPSA) is 153 Å². The number of benzene rings is 1. The summed E-state index contributed by atoms with van der Waals surface area (Å²) in [6.07, 6.45) is 2.11. The Bertz CT molecular complexity index is 926. The lowest BCUT2D eigenvalue weighted by atomic mass is 10.1. The molecule has 1 heterocycles. The second-order valence-corrected chi connectivity index (χ2v) is 6.35. The summed E-state index contributed by atoms with van der Waals surface area (Å²) in [5, 5.41) is 17.5. The van der Waals surface area contributed by atoms with Gasteiger partial charge in [-0.3, -0.25) is 25.1 Å². The number of nitrogens with two attached hydrogens (primary N) is 1. The number of nitro benzene ring substituents is 1. The number of ketones is 1. The van der Waals surface area contributed by atoms with Gasteiger partial charge in [0.1, 0.15) is 5.69 Å². The molecule has 1 aromatic carbocycles. The summed E-state index contributed by atoms with van der Waals surface area (Å²) in [6, 6.07) is 9.01. The van der Waals surface area contributed by atoms with Crippen LogP contribution in [-0.2, 0) is 4.79 Å². The van der Waals surface area contributed by atoms with Crippen LogP contribution in [0.4, 0.5) is 11.4 Å². The minimum atomic E-state index is -0.567. The van der Waals surface area contributed by atoms with Gasteiger partial charge < -0.3 is 15.5 Å². The zero-order valence-corrected chi connectivity index (χ0v) is 16.1. The zero-order valence-electron chi connectivity index (χ0n) is 15.3. The van der Waals surface area contributed by atoms with Crippen LogP contribution in [-0.4, -0.2) is 27.4 Å². The molecule has 0 atom stereocenters. The number of hydrogen-bond acceptors (Lipinski definition) is 7. The average molecular weight is 417 g/mol. The number of nitrogens with zero attached hydrogens (tertiary/aromatic N) is 2. The van der Waals surface area contributed by atoms with Gasteiger partial charge in [-0.05, 0) is 43.3 Å². The van der Waals surface area contributed by atoms with Crippen molar-refractivity contribution in [2.45, 2.75) is 25.7 Å². The van der Waals surface area contributed by atoms with Gasteiger partial charge >= 0.3 is 0 Å². The molecule has 0 fully saturated rings. The minimum Gasteiger partial charge on any atom is -0.461 e. The Morgan fingerprint density at radius 2 is 1.97 bits per heavy atom. The van der Waals surface area contributed by atoms with Crippen LogP contribution in [0, 0.1) is 10.1 Å². The molecule has 0 aliphatic rings. The SMILES string of the molecule is NC(=S)N/N=C(/CCCC(=O)Nc1ccccc1[N+](=O)[O-])CC(=O)c1ccco1. The number of hydrogen-bond donors (Lipinski definition) is 3. The minimum absolute atomic E-state index is 0.0328. The normalized spacial score (nSPS) is 11.0. The third-order valence-corrected chi connectivity index (χ3v) is 3.82. The molecule has 0 saturated carbocycles. The van der Waals surface area contributed by atoms with Crippen molar-refractivity contribution in [1.29, 1.82) is 0 Å². The van der Waals surface area contributed by atoms with Crippen molar-refractivity contribution in [3.63, 3.8) is 0 Å². The number of anilines is 1. The standard InChI is InChI=1S/C18H19N5O5S/c19-18(29)22-21-12(11-15(24)16-8-4-10-28-16)5-3-9-17(25)20-13-6-1-2-7-14(13)23(26)27/h1-2,4,6-8,10H,3,5,9,11H2,(H,20,25)(H3,19,22,29)/b21-12-. The molecule has 152 valence electrons. The Balaban J connectivity index is 1.92. The van der Waals surface area contributed by atoms with E-state index in [0.29, 0.717) is 18.6 Å². The predicted molar refractivity (Wildman–Crippen MR) is 111 cm³/mol. The zero-order chi connectivity index (χ0) is 21.2. The van der Waals surface area contributed by atoms with Crippen LogP contribution in [0.1, 0.15) is 36.2 Å². The molecule has 0 unspecified atom stereocenters. The summed E-state index contributed by atoms with van der Waals surface area (Å²) in [5.41, 5.74) is 8.17. The number of para-hydroxylation sites is 2. The van der Waals surface area contributed by atoms with Crippen molar-refractivity contribution < 1.29 is 18.9 Å². The Morgan fingerprint density at radius 3 is 2.62 bits per heavy atom. The van der Waals surface area contributed by atoms with Gasteiger partial charge in [0, 0.05) is 18.2 Å². The van der Waals surface area contributed by atoms with Gasteiger partial charge in [0.25, 0.3) is 5.69 Å². The van der Waals surface area contributed by atoms with Crippen molar-refractivity contribution >= 4 is 46.1 Å². The maximum atomic E-state index is 12.2. The van der Waals surface area contributed by atoms with Gasteiger partial charge in [-0.15, -0.1) is 0 Å². The van der Waals surface area contributed by atoms with Crippen LogP contribution in [0.5, 0.6) is 0 Å². The molecule has 10 nitrogen and oxygen atoms in total. The Labute approximate surface area is 171 Å². The van der Waals surface area contributed by atoms with E-state index < -0.39 is 10.8 Å². The van der Waals surface area contributed by atoms with Crippen LogP contribution in [0.15, 0.2) is 52.2 Å². The van der Waals surface area contributed by atoms with E-state index in [-0.39, 0.29) is 40.9 Å². The summed E-state index contributed by atoms with van der Waals surface area (Å²) in [7, 11) is 0. The fraction of sp³-hybridized carbons (Fsp3) is 0.222. The summed E-state index contributed by atoms with van der Waals surface area (Å²) >= 11 is 4.70. The van der Waals surface area contributed by atoms with Gasteiger partial charge in [0.05, 0.1) is 17.6 Å². The molecule has 0 aliphatic heterocycles. The average Bonchev–Trinajstić information content (AvgIpc) is 3.21. The van der Waals surface area contributed by atoms with Gasteiger partial charge in [-0.2, -0.15) is 5.10 Å². The lowest BCUT2D eigenvalue weighted by Gasteiger charge is -2.08. The van der Waals surface area contributed by atoms with E-state index in [0.717, 1.165) is 0 Å². The first-order valence-electron chi connectivity index (χ1n) is 8.57. The maximum absolute atomic E-state index is 12.2. The number of Topliss-reactive ketones (excluding diaryl/α,β-unsaturated/α-hetero) is 1. The number of nitrogens with one attached hydrogen (secondary N) is 2. The molecule has 0 saturated heterocycles. The number of hydrazone groups is 1. The molecule has 0 spiro atoms. The van der Waals surface area contributed by atoms with Crippen molar-refractivity contribution in [2.24, 2.45) is 10.8 Å². The number of nitro groups is 1. The number of furan rings is 1. The monoisotopic (exact) mass is 417 g/mol. The van der Waals surface area contributed by atoms with E-state index in [1.807, 2.05) is 0 Å². The van der Waals surface area contributed by atoms with Crippen molar-refractivity contribution in [3.05, 3.63) is 58.5 Å². The lowest BCUT2D eigenvalue weighted by Crippen LogP contribution is -2.26. The molecule has 4 N–H and O–H groups in total. The number of thiocarbonyl (C=S) groups is 1. The van der Waals surface area contributed by atoms with Crippen LogP contribution >= 0.6 is 12.2 Å². The largest absolute Gasteiger partial charge is 0.461 e. The molecule has 0 radical (unpaired) electrons. The summed E-state index contributed by atoms with van der Waals surface area (Å²) < 4.78 is 5.07. The number of rotatable bonds is 10. The summed E-state index contributed by atoms with van der Waals surface area (Å²) in [4.78, 5) is 34.8. The van der Waals surface area contributed by atoms with Crippen LogP contribution in [0.25, 0.3) is 0 Å². The van der Waals surface area contributed by atoms with Crippen LogP contribution in [0.2, 0.25) is 0 Å². The van der Waals surface area contributed by atoms with Gasteiger partial charge in [0.2, 0.25) is 11.7 Å². The second-order valence-electron chi connectivity index (χ2n) is 5.91. The summed E-state index contributed by atoms with van der Waals surface area (Å²) in [5.74, 6) is -0.469. The quantitative estimate of drug-likeness (QED) is 0.175. The fourth-order valence-corrected chi connectivity index (χ4v) is 2.48. The van der Waals surface area contributed by atoms with E-state index in [1.165, 1.54) is 24.5 Å². The highest BCUT2D eigenvalue weighted by Crippen LogP contribution is 2.23. The first-order chi connectivity index (χ1) is 13.9. The predicted octanol–water partition coefficient (Wildman–Crippen LogP) is 2.76. The van der Waals surface area contributed by atoms with Crippen molar-refractivity contribution in [3.8, 4) is 0 Å². The first-order valence-corrected chi connectivity index (χ1v) is 8.98. The number of amides is 1. The van der Waals surface area contributed by atoms with Gasteiger partial charge in [-0.25, -0.2) is 0 Å². The third kappa shape index (κ3) is 7.14. The molecule has 1 aromatic heterocycles. The van der Waals surface area contributed by atoms with E-state index in [1.54, 1.807) is 18.2 Å². The lowest BCUT2D eigenvalue weighted by molar-refractivity contribution is -0.383. The van der Waals surface area contributed by atoms with Crippen molar-refractivity contribution in [1.82, 2.24) is 5.43 Å². The van der Waals surface area contributed by atoms with Crippen LogP contribution in [0.3, 0.4) is 0 Å². The molecule has 11 heteroatoms. The Morgan fingerprint density at radius 1 is 1.21 bits per heavy atom. The number of carbonyl (C=O) groups excluding carboxylic acids is 2. The Hall–Kier alpha value is -3.60. The van der Waals surface area contributed by atoms with Crippen LogP contribution < -0.4 is 16.5 Å². The van der Waals surface area contributed by atoms with Gasteiger partial charge in [-0.1, -0.05) is 12.1 Å². The molecule has 29 heavy (non-hydrogen) atoms. The maximum Gasteiger partial charge on any atom is 0.292 e. The molecule has 1 amide bonds. The molecular weight excluding hydrogens is 398 g/mol. The summed E-state index contributed by atoms with van der Waals surface area (Å²) in [6.45, 7) is 0. The molecule has 0 aliphatic carbocycles. The highest BCUT2D eigenvalue weighted by molar-refractivity contribution is 7.80.